The minimum Gasteiger partial charge on any atom is -0.494 e. The van der Waals surface area contributed by atoms with E-state index in [-0.39, 0.29) is 18.1 Å². The van der Waals surface area contributed by atoms with E-state index in [0.29, 0.717) is 36.9 Å². The molecule has 0 atom stereocenters. The quantitative estimate of drug-likeness (QED) is 0.228. The number of rotatable bonds is 10. The molecule has 1 fully saturated rings. The molecule has 2 heterocycles. The minimum absolute atomic E-state index is 0.0198. The summed E-state index contributed by atoms with van der Waals surface area (Å²) in [4.78, 5) is 30.4. The number of nitrogens with zero attached hydrogens (tertiary/aromatic N) is 2. The zero-order chi connectivity index (χ0) is 32.1. The van der Waals surface area contributed by atoms with Crippen molar-refractivity contribution < 1.29 is 32.8 Å². The summed E-state index contributed by atoms with van der Waals surface area (Å²) in [6.45, 7) is 16.6. The van der Waals surface area contributed by atoms with Crippen LogP contribution in [-0.4, -0.2) is 70.6 Å². The van der Waals surface area contributed by atoms with Gasteiger partial charge in [-0.15, -0.1) is 0 Å². The zero-order valence-electron chi connectivity index (χ0n) is 27.1. The molecule has 1 saturated heterocycles. The Morgan fingerprint density at radius 1 is 0.932 bits per heavy atom. The summed E-state index contributed by atoms with van der Waals surface area (Å²) >= 11 is 0. The summed E-state index contributed by atoms with van der Waals surface area (Å²) in [6, 6.07) is 17.1. The number of carbonyl (C=O) groups excluding carboxylic acids is 2. The van der Waals surface area contributed by atoms with E-state index < -0.39 is 27.4 Å². The fourth-order valence-electron chi connectivity index (χ4n) is 4.64. The van der Waals surface area contributed by atoms with Crippen LogP contribution in [0.4, 0.5) is 0 Å². The molecule has 0 unspecified atom stereocenters. The number of likely N-dealkylation sites (N-methyl/N-ethyl adjacent to an activating group) is 1. The van der Waals surface area contributed by atoms with E-state index >= 15 is 0 Å². The third kappa shape index (κ3) is 8.71. The average molecular weight is 619 g/mol. The van der Waals surface area contributed by atoms with Crippen LogP contribution in [0.3, 0.4) is 0 Å². The van der Waals surface area contributed by atoms with Gasteiger partial charge >= 0.3 is 19.1 Å². The topological polar surface area (TPSA) is 96.4 Å². The second-order valence-corrected chi connectivity index (χ2v) is 17.5. The van der Waals surface area contributed by atoms with Crippen molar-refractivity contribution in [2.45, 2.75) is 59.4 Å². The first-order valence-electron chi connectivity index (χ1n) is 14.9. The van der Waals surface area contributed by atoms with E-state index in [1.807, 2.05) is 25.1 Å². The predicted molar refractivity (Wildman–Crippen MR) is 174 cm³/mol. The number of ether oxygens (including phenoxy) is 2. The van der Waals surface area contributed by atoms with Crippen LogP contribution >= 0.6 is 0 Å². The molecule has 1 aliphatic rings. The molecule has 1 aromatic heterocycles. The molecule has 0 spiro atoms. The van der Waals surface area contributed by atoms with Gasteiger partial charge in [-0.3, -0.25) is 14.5 Å². The fourth-order valence-corrected chi connectivity index (χ4v) is 5.67. The first-order valence-corrected chi connectivity index (χ1v) is 17.8. The van der Waals surface area contributed by atoms with Gasteiger partial charge in [0.2, 0.25) is 5.88 Å². The van der Waals surface area contributed by atoms with E-state index in [1.54, 1.807) is 36.2 Å². The van der Waals surface area contributed by atoms with E-state index in [9.17, 15) is 9.59 Å². The van der Waals surface area contributed by atoms with Gasteiger partial charge in [-0.2, -0.15) is 0 Å². The number of aromatic nitrogens is 1. The summed E-state index contributed by atoms with van der Waals surface area (Å²) in [7, 11) is -1.24. The number of hydrogen-bond acceptors (Lipinski definition) is 9. The lowest BCUT2D eigenvalue weighted by atomic mass is 9.78. The van der Waals surface area contributed by atoms with E-state index in [4.69, 9.17) is 28.2 Å². The van der Waals surface area contributed by atoms with E-state index in [0.717, 1.165) is 27.9 Å². The van der Waals surface area contributed by atoms with Crippen LogP contribution in [0, 0.1) is 13.8 Å². The van der Waals surface area contributed by atoms with Gasteiger partial charge in [0.25, 0.3) is 0 Å². The molecule has 234 valence electrons. The number of hydrogen-bond donors (Lipinski definition) is 0. The molecule has 4 rings (SSSR count). The lowest BCUT2D eigenvalue weighted by molar-refractivity contribution is -0.145. The SMILES string of the molecule is Cc1cc(OCCO[Si](C)(C)C(C)(C)C)nc(C)c1-c1cccc(COc2ccc(B3OC(=O)CN(C)CC(=O)O3)cc2)c1. The second-order valence-electron chi connectivity index (χ2n) is 12.7. The Kier molecular flexibility index (Phi) is 10.5. The molecule has 0 aliphatic carbocycles. The molecule has 0 amide bonds. The number of benzene rings is 2. The van der Waals surface area contributed by atoms with Gasteiger partial charge in [-0.1, -0.05) is 51.1 Å². The van der Waals surface area contributed by atoms with Gasteiger partial charge in [-0.25, -0.2) is 4.98 Å². The zero-order valence-corrected chi connectivity index (χ0v) is 28.1. The number of pyridine rings is 1. The highest BCUT2D eigenvalue weighted by Gasteiger charge is 2.37. The standard InChI is InChI=1S/C33H43BN2O7Si/c1-23-18-29(39-16-17-41-44(7,8)33(3,4)5)35-24(2)32(23)26-11-9-10-25(19-26)22-40-28-14-12-27(13-15-28)34-42-30(37)20-36(6)21-31(38)43-34/h9-15,18-19H,16-17,20-22H2,1-8H3. The first-order chi connectivity index (χ1) is 20.7. The van der Waals surface area contributed by atoms with Crippen molar-refractivity contribution in [2.75, 3.05) is 33.4 Å². The maximum absolute atomic E-state index is 12.1. The maximum atomic E-state index is 12.1. The third-order valence-corrected chi connectivity index (χ3v) is 12.6. The van der Waals surface area contributed by atoms with Crippen LogP contribution in [0.25, 0.3) is 11.1 Å². The Balaban J connectivity index is 1.36. The molecule has 0 saturated carbocycles. The van der Waals surface area contributed by atoms with Crippen molar-refractivity contribution in [1.29, 1.82) is 0 Å². The van der Waals surface area contributed by atoms with Crippen LogP contribution in [0.2, 0.25) is 18.1 Å². The second kappa shape index (κ2) is 14.0. The minimum atomic E-state index is -1.82. The molecule has 9 nitrogen and oxygen atoms in total. The molecular weight excluding hydrogens is 575 g/mol. The highest BCUT2D eigenvalue weighted by atomic mass is 28.4. The Hall–Kier alpha value is -3.67. The monoisotopic (exact) mass is 618 g/mol. The lowest BCUT2D eigenvalue weighted by Gasteiger charge is -2.36. The summed E-state index contributed by atoms with van der Waals surface area (Å²) in [5, 5.41) is 0.159. The smallest absolute Gasteiger partial charge is 0.494 e. The summed E-state index contributed by atoms with van der Waals surface area (Å²) in [5.41, 5.74) is 5.64. The number of aryl methyl sites for hydroxylation is 2. The highest BCUT2D eigenvalue weighted by Crippen LogP contribution is 2.36. The molecule has 3 aromatic rings. The van der Waals surface area contributed by atoms with Crippen molar-refractivity contribution in [2.24, 2.45) is 0 Å². The van der Waals surface area contributed by atoms with E-state index in [2.05, 4.69) is 52.9 Å². The highest BCUT2D eigenvalue weighted by molar-refractivity contribution is 6.74. The van der Waals surface area contributed by atoms with Crippen molar-refractivity contribution in [3.05, 3.63) is 71.4 Å². The summed E-state index contributed by atoms with van der Waals surface area (Å²) in [5.74, 6) is 0.316. The number of carbonyl (C=O) groups is 2. The van der Waals surface area contributed by atoms with Crippen LogP contribution in [-0.2, 0) is 29.9 Å². The third-order valence-electron chi connectivity index (χ3n) is 8.02. The van der Waals surface area contributed by atoms with Crippen LogP contribution in [0.1, 0.15) is 37.6 Å². The maximum Gasteiger partial charge on any atom is 0.636 e. The van der Waals surface area contributed by atoms with Gasteiger partial charge in [-0.05, 0) is 73.9 Å². The Labute approximate surface area is 262 Å². The lowest BCUT2D eigenvalue weighted by Crippen LogP contribution is -2.47. The molecular formula is C33H43BN2O7Si. The van der Waals surface area contributed by atoms with Crippen molar-refractivity contribution >= 4 is 32.8 Å². The van der Waals surface area contributed by atoms with Gasteiger partial charge in [0.15, 0.2) is 8.32 Å². The molecule has 2 aromatic carbocycles. The molecule has 0 bridgehead atoms. The Morgan fingerprint density at radius 3 is 2.20 bits per heavy atom. The fraction of sp³-hybridized carbons (Fsp3) is 0.424. The predicted octanol–water partition coefficient (Wildman–Crippen LogP) is 5.07. The molecule has 0 N–H and O–H groups in total. The van der Waals surface area contributed by atoms with Gasteiger partial charge in [0.1, 0.15) is 19.0 Å². The largest absolute Gasteiger partial charge is 0.636 e. The van der Waals surface area contributed by atoms with E-state index in [1.165, 1.54) is 0 Å². The summed E-state index contributed by atoms with van der Waals surface area (Å²) in [6.07, 6.45) is 0. The Bertz CT molecular complexity index is 1430. The van der Waals surface area contributed by atoms with Crippen LogP contribution < -0.4 is 14.9 Å². The molecule has 0 radical (unpaired) electrons. The van der Waals surface area contributed by atoms with Crippen molar-refractivity contribution in [1.82, 2.24) is 9.88 Å². The van der Waals surface area contributed by atoms with Crippen molar-refractivity contribution in [3.8, 4) is 22.8 Å². The molecule has 11 heteroatoms. The van der Waals surface area contributed by atoms with Crippen molar-refractivity contribution in [3.63, 3.8) is 0 Å². The van der Waals surface area contributed by atoms with Gasteiger partial charge in [0, 0.05) is 22.8 Å². The normalized spacial score (nSPS) is 14.9. The van der Waals surface area contributed by atoms with Gasteiger partial charge < -0.3 is 23.2 Å². The Morgan fingerprint density at radius 2 is 1.59 bits per heavy atom. The summed E-state index contributed by atoms with van der Waals surface area (Å²) < 4.78 is 28.9. The van der Waals surface area contributed by atoms with Crippen LogP contribution in [0.5, 0.6) is 11.6 Å². The molecule has 1 aliphatic heterocycles. The van der Waals surface area contributed by atoms with Gasteiger partial charge in [0.05, 0.1) is 19.7 Å². The first kappa shape index (κ1) is 33.2. The molecule has 44 heavy (non-hydrogen) atoms. The average Bonchev–Trinajstić information content (AvgIpc) is 2.92. The van der Waals surface area contributed by atoms with Crippen LogP contribution in [0.15, 0.2) is 54.6 Å².